The van der Waals surface area contributed by atoms with Crippen molar-refractivity contribution in [3.63, 3.8) is 0 Å². The zero-order chi connectivity index (χ0) is 8.82. The number of sulfone groups is 1. The molecule has 1 aliphatic carbocycles. The summed E-state index contributed by atoms with van der Waals surface area (Å²) < 4.78 is 21.7. The summed E-state index contributed by atoms with van der Waals surface area (Å²) in [6.07, 6.45) is 3.44. The van der Waals surface area contributed by atoms with Gasteiger partial charge in [0.15, 0.2) is 9.84 Å². The molecule has 0 atom stereocenters. The highest BCUT2D eigenvalue weighted by atomic mass is 35.5. The minimum absolute atomic E-state index is 0.335. The lowest BCUT2D eigenvalue weighted by molar-refractivity contribution is 0.401. The van der Waals surface area contributed by atoms with E-state index in [1.54, 1.807) is 0 Å². The highest BCUT2D eigenvalue weighted by Crippen LogP contribution is 2.52. The zero-order valence-electron chi connectivity index (χ0n) is 6.92. The predicted octanol–water partition coefficient (Wildman–Crippen LogP) is 1.44. The smallest absolute Gasteiger partial charge is 0.150 e. The van der Waals surface area contributed by atoms with Crippen molar-refractivity contribution >= 4 is 21.4 Å². The summed E-state index contributed by atoms with van der Waals surface area (Å²) in [6.45, 7) is 0. The van der Waals surface area contributed by atoms with E-state index in [-0.39, 0.29) is 0 Å². The molecule has 1 heterocycles. The summed E-state index contributed by atoms with van der Waals surface area (Å²) in [5, 5.41) is 0. The molecule has 0 spiro atoms. The molecule has 2 fully saturated rings. The average molecular weight is 209 g/mol. The van der Waals surface area contributed by atoms with E-state index in [2.05, 4.69) is 0 Å². The summed E-state index contributed by atoms with van der Waals surface area (Å²) in [6, 6.07) is 0. The number of alkyl halides is 1. The van der Waals surface area contributed by atoms with Gasteiger partial charge in [-0.25, -0.2) is 8.42 Å². The molecule has 2 aliphatic rings. The molecular formula is C8H13ClO2S. The third-order valence-electron chi connectivity index (χ3n) is 2.94. The van der Waals surface area contributed by atoms with Crippen molar-refractivity contribution in [2.45, 2.75) is 19.3 Å². The lowest BCUT2D eigenvalue weighted by Crippen LogP contribution is -2.37. The van der Waals surface area contributed by atoms with Crippen molar-refractivity contribution < 1.29 is 8.42 Å². The van der Waals surface area contributed by atoms with E-state index in [0.29, 0.717) is 28.7 Å². The van der Waals surface area contributed by atoms with E-state index in [0.717, 1.165) is 6.42 Å². The summed E-state index contributed by atoms with van der Waals surface area (Å²) in [4.78, 5) is 0. The molecule has 0 N–H and O–H groups in total. The van der Waals surface area contributed by atoms with E-state index in [9.17, 15) is 8.42 Å². The van der Waals surface area contributed by atoms with Crippen molar-refractivity contribution in [1.29, 1.82) is 0 Å². The van der Waals surface area contributed by atoms with Crippen LogP contribution >= 0.6 is 11.6 Å². The maximum Gasteiger partial charge on any atom is 0.150 e. The molecule has 2 nitrogen and oxygen atoms in total. The highest BCUT2D eigenvalue weighted by Gasteiger charge is 2.47. The Kier molecular flexibility index (Phi) is 1.92. The summed E-state index contributed by atoms with van der Waals surface area (Å²) in [7, 11) is -2.63. The maximum absolute atomic E-state index is 10.9. The number of rotatable bonds is 3. The molecule has 1 aliphatic heterocycles. The Morgan fingerprint density at radius 2 is 1.92 bits per heavy atom. The second kappa shape index (κ2) is 2.61. The van der Waals surface area contributed by atoms with Crippen molar-refractivity contribution in [1.82, 2.24) is 0 Å². The van der Waals surface area contributed by atoms with Crippen LogP contribution in [0.2, 0.25) is 0 Å². The molecule has 12 heavy (non-hydrogen) atoms. The van der Waals surface area contributed by atoms with E-state index >= 15 is 0 Å². The van der Waals surface area contributed by atoms with Crippen molar-refractivity contribution in [3.05, 3.63) is 0 Å². The Morgan fingerprint density at radius 3 is 2.25 bits per heavy atom. The Labute approximate surface area is 78.2 Å². The molecule has 0 aromatic rings. The molecule has 0 bridgehead atoms. The van der Waals surface area contributed by atoms with Crippen LogP contribution in [0.4, 0.5) is 0 Å². The normalized spacial score (nSPS) is 31.1. The quantitative estimate of drug-likeness (QED) is 0.658. The number of halogens is 1. The van der Waals surface area contributed by atoms with Crippen LogP contribution < -0.4 is 0 Å². The lowest BCUT2D eigenvalue weighted by atomic mass is 9.95. The SMILES string of the molecule is O=S1(=O)CC(CC2(CCl)CC2)C1. The van der Waals surface area contributed by atoms with Crippen molar-refractivity contribution in [3.8, 4) is 0 Å². The first-order valence-corrected chi connectivity index (χ1v) is 6.67. The standard InChI is InChI=1S/C8H13ClO2S/c9-6-8(1-2-8)3-7-4-12(10,11)5-7/h7H,1-6H2. The second-order valence-corrected chi connectivity index (χ2v) is 6.70. The van der Waals surface area contributed by atoms with Gasteiger partial charge in [0.25, 0.3) is 0 Å². The lowest BCUT2D eigenvalue weighted by Gasteiger charge is -2.28. The molecule has 70 valence electrons. The predicted molar refractivity (Wildman–Crippen MR) is 49.1 cm³/mol. The van der Waals surface area contributed by atoms with Gasteiger partial charge in [0.2, 0.25) is 0 Å². The van der Waals surface area contributed by atoms with E-state index in [4.69, 9.17) is 11.6 Å². The monoisotopic (exact) mass is 208 g/mol. The maximum atomic E-state index is 10.9. The molecule has 4 heteroatoms. The van der Waals surface area contributed by atoms with E-state index < -0.39 is 9.84 Å². The van der Waals surface area contributed by atoms with Crippen LogP contribution in [-0.2, 0) is 9.84 Å². The number of hydrogen-bond acceptors (Lipinski definition) is 2. The van der Waals surface area contributed by atoms with Gasteiger partial charge in [-0.3, -0.25) is 0 Å². The largest absolute Gasteiger partial charge is 0.229 e. The molecule has 0 aromatic heterocycles. The fourth-order valence-electron chi connectivity index (χ4n) is 1.97. The van der Waals surface area contributed by atoms with Gasteiger partial charge in [0.05, 0.1) is 11.5 Å². The van der Waals surface area contributed by atoms with Crippen LogP contribution in [0.5, 0.6) is 0 Å². The molecule has 0 aromatic carbocycles. The Bertz CT molecular complexity index is 267. The van der Waals surface area contributed by atoms with Gasteiger partial charge in [0, 0.05) is 5.88 Å². The minimum atomic E-state index is -2.63. The molecule has 2 rings (SSSR count). The zero-order valence-corrected chi connectivity index (χ0v) is 8.50. The Morgan fingerprint density at radius 1 is 1.33 bits per heavy atom. The highest BCUT2D eigenvalue weighted by molar-refractivity contribution is 7.92. The first kappa shape index (κ1) is 8.82. The molecule has 1 saturated carbocycles. The fourth-order valence-corrected chi connectivity index (χ4v) is 3.92. The van der Waals surface area contributed by atoms with Gasteiger partial charge in [0.1, 0.15) is 0 Å². The molecule has 1 saturated heterocycles. The third-order valence-corrected chi connectivity index (χ3v) is 5.47. The van der Waals surface area contributed by atoms with E-state index in [1.807, 2.05) is 0 Å². The van der Waals surface area contributed by atoms with Crippen molar-refractivity contribution in [2.75, 3.05) is 17.4 Å². The summed E-state index contributed by atoms with van der Waals surface area (Å²) >= 11 is 5.80. The Balaban J connectivity index is 1.84. The Hall–Kier alpha value is 0.240. The summed E-state index contributed by atoms with van der Waals surface area (Å²) in [5.74, 6) is 1.94. The van der Waals surface area contributed by atoms with Crippen LogP contribution in [0, 0.1) is 11.3 Å². The number of hydrogen-bond donors (Lipinski definition) is 0. The van der Waals surface area contributed by atoms with Gasteiger partial charge < -0.3 is 0 Å². The average Bonchev–Trinajstić information content (AvgIpc) is 2.66. The topological polar surface area (TPSA) is 34.1 Å². The molecular weight excluding hydrogens is 196 g/mol. The van der Waals surface area contributed by atoms with Gasteiger partial charge in [-0.05, 0) is 30.6 Å². The van der Waals surface area contributed by atoms with Crippen LogP contribution in [0.3, 0.4) is 0 Å². The molecule has 0 unspecified atom stereocenters. The second-order valence-electron chi connectivity index (χ2n) is 4.28. The third kappa shape index (κ3) is 1.62. The molecule has 0 amide bonds. The summed E-state index contributed by atoms with van der Waals surface area (Å²) in [5.41, 5.74) is 0.335. The van der Waals surface area contributed by atoms with Crippen LogP contribution in [0.1, 0.15) is 19.3 Å². The van der Waals surface area contributed by atoms with Crippen molar-refractivity contribution in [2.24, 2.45) is 11.3 Å². The fraction of sp³-hybridized carbons (Fsp3) is 1.00. The van der Waals surface area contributed by atoms with Gasteiger partial charge >= 0.3 is 0 Å². The first-order chi connectivity index (χ1) is 5.55. The molecule has 0 radical (unpaired) electrons. The van der Waals surface area contributed by atoms with Crippen LogP contribution in [0.25, 0.3) is 0 Å². The van der Waals surface area contributed by atoms with Gasteiger partial charge in [-0.15, -0.1) is 11.6 Å². The van der Waals surface area contributed by atoms with Gasteiger partial charge in [-0.2, -0.15) is 0 Å². The van der Waals surface area contributed by atoms with Crippen LogP contribution in [0.15, 0.2) is 0 Å². The minimum Gasteiger partial charge on any atom is -0.229 e. The van der Waals surface area contributed by atoms with Crippen LogP contribution in [-0.4, -0.2) is 25.8 Å². The van der Waals surface area contributed by atoms with Gasteiger partial charge in [-0.1, -0.05) is 0 Å². The van der Waals surface area contributed by atoms with E-state index in [1.165, 1.54) is 12.8 Å². The first-order valence-electron chi connectivity index (χ1n) is 4.32.